The van der Waals surface area contributed by atoms with Gasteiger partial charge in [0.2, 0.25) is 0 Å². The molecule has 0 aliphatic heterocycles. The molecule has 20 heavy (non-hydrogen) atoms. The van der Waals surface area contributed by atoms with Crippen molar-refractivity contribution in [3.63, 3.8) is 0 Å². The van der Waals surface area contributed by atoms with Crippen molar-refractivity contribution in [2.45, 2.75) is 32.2 Å². The molecule has 4 heteroatoms. The third-order valence-corrected chi connectivity index (χ3v) is 3.48. The molecule has 1 aromatic carbocycles. The highest BCUT2D eigenvalue weighted by atomic mass is 16.5. The van der Waals surface area contributed by atoms with E-state index in [9.17, 15) is 5.26 Å². The van der Waals surface area contributed by atoms with Gasteiger partial charge in [0.05, 0.1) is 13.2 Å². The van der Waals surface area contributed by atoms with Gasteiger partial charge in [-0.05, 0) is 38.4 Å². The van der Waals surface area contributed by atoms with Crippen molar-refractivity contribution in [2.75, 3.05) is 32.1 Å². The zero-order valence-electron chi connectivity index (χ0n) is 12.9. The van der Waals surface area contributed by atoms with E-state index < -0.39 is 5.54 Å². The fourth-order valence-corrected chi connectivity index (χ4v) is 2.22. The minimum atomic E-state index is -0.427. The Balaban J connectivity index is 2.51. The van der Waals surface area contributed by atoms with Crippen LogP contribution in [0.25, 0.3) is 0 Å². The molecular weight excluding hydrogens is 250 g/mol. The first-order valence-electron chi connectivity index (χ1n) is 7.06. The van der Waals surface area contributed by atoms with Crippen molar-refractivity contribution in [1.82, 2.24) is 5.32 Å². The Morgan fingerprint density at radius 2 is 2.20 bits per heavy atom. The van der Waals surface area contributed by atoms with Crippen molar-refractivity contribution in [3.05, 3.63) is 24.3 Å². The lowest BCUT2D eigenvalue weighted by atomic mass is 9.97. The lowest BCUT2D eigenvalue weighted by Gasteiger charge is -2.25. The van der Waals surface area contributed by atoms with Crippen LogP contribution >= 0.6 is 0 Å². The number of nitrogens with zero attached hydrogens (tertiary/aromatic N) is 2. The quantitative estimate of drug-likeness (QED) is 0.792. The standard InChI is InChI=1S/C16H25N3O/c1-5-18-16(2,13-17)10-7-11-19(3)14-8-6-9-15(12-14)20-4/h6,8-9,12,18H,5,7,10-11H2,1-4H3. The summed E-state index contributed by atoms with van der Waals surface area (Å²) < 4.78 is 5.23. The first-order valence-corrected chi connectivity index (χ1v) is 7.06. The molecule has 110 valence electrons. The molecule has 0 aromatic heterocycles. The molecule has 1 unspecified atom stereocenters. The van der Waals surface area contributed by atoms with Crippen LogP contribution in [0.1, 0.15) is 26.7 Å². The topological polar surface area (TPSA) is 48.3 Å². The lowest BCUT2D eigenvalue weighted by molar-refractivity contribution is 0.414. The molecule has 0 heterocycles. The molecule has 4 nitrogen and oxygen atoms in total. The van der Waals surface area contributed by atoms with Crippen LogP contribution in [0.15, 0.2) is 24.3 Å². The predicted octanol–water partition coefficient (Wildman–Crippen LogP) is 2.80. The molecule has 1 atom stereocenters. The van der Waals surface area contributed by atoms with E-state index in [-0.39, 0.29) is 0 Å². The average molecular weight is 275 g/mol. The predicted molar refractivity (Wildman–Crippen MR) is 83.2 cm³/mol. The zero-order valence-corrected chi connectivity index (χ0v) is 12.9. The minimum Gasteiger partial charge on any atom is -0.497 e. The molecule has 0 bridgehead atoms. The second-order valence-corrected chi connectivity index (χ2v) is 5.20. The largest absolute Gasteiger partial charge is 0.497 e. The van der Waals surface area contributed by atoms with Gasteiger partial charge in [-0.3, -0.25) is 5.32 Å². The van der Waals surface area contributed by atoms with Crippen molar-refractivity contribution >= 4 is 5.69 Å². The monoisotopic (exact) mass is 275 g/mol. The van der Waals surface area contributed by atoms with Crippen LogP contribution in [0.4, 0.5) is 5.69 Å². The maximum Gasteiger partial charge on any atom is 0.120 e. The molecule has 0 radical (unpaired) electrons. The van der Waals surface area contributed by atoms with Gasteiger partial charge < -0.3 is 9.64 Å². The second kappa shape index (κ2) is 7.76. The molecule has 1 aromatic rings. The maximum absolute atomic E-state index is 9.22. The summed E-state index contributed by atoms with van der Waals surface area (Å²) in [6.45, 7) is 5.71. The molecule has 1 N–H and O–H groups in total. The number of ether oxygens (including phenoxy) is 1. The summed E-state index contributed by atoms with van der Waals surface area (Å²) >= 11 is 0. The van der Waals surface area contributed by atoms with Gasteiger partial charge in [0.15, 0.2) is 0 Å². The third-order valence-electron chi connectivity index (χ3n) is 3.48. The Kier molecular flexibility index (Phi) is 6.33. The summed E-state index contributed by atoms with van der Waals surface area (Å²) in [6, 6.07) is 10.4. The second-order valence-electron chi connectivity index (χ2n) is 5.20. The summed E-state index contributed by atoms with van der Waals surface area (Å²) in [6.07, 6.45) is 1.80. The Hall–Kier alpha value is -1.73. The highest BCUT2D eigenvalue weighted by Crippen LogP contribution is 2.20. The number of methoxy groups -OCH3 is 1. The fraction of sp³-hybridized carbons (Fsp3) is 0.562. The highest BCUT2D eigenvalue weighted by Gasteiger charge is 2.21. The van der Waals surface area contributed by atoms with Crippen LogP contribution in [0.5, 0.6) is 5.75 Å². The van der Waals surface area contributed by atoms with Crippen LogP contribution in [-0.4, -0.2) is 32.8 Å². The Labute approximate surface area is 122 Å². The molecule has 0 saturated carbocycles. The van der Waals surface area contributed by atoms with Crippen molar-refractivity contribution < 1.29 is 4.74 Å². The normalized spacial score (nSPS) is 13.3. The molecule has 0 aliphatic rings. The van der Waals surface area contributed by atoms with Crippen molar-refractivity contribution in [3.8, 4) is 11.8 Å². The van der Waals surface area contributed by atoms with Gasteiger partial charge in [0, 0.05) is 25.3 Å². The number of anilines is 1. The number of hydrogen-bond acceptors (Lipinski definition) is 4. The van der Waals surface area contributed by atoms with Gasteiger partial charge >= 0.3 is 0 Å². The highest BCUT2D eigenvalue weighted by molar-refractivity contribution is 5.49. The number of nitriles is 1. The van der Waals surface area contributed by atoms with E-state index >= 15 is 0 Å². The average Bonchev–Trinajstić information content (AvgIpc) is 2.47. The van der Waals surface area contributed by atoms with E-state index in [0.29, 0.717) is 0 Å². The summed E-state index contributed by atoms with van der Waals surface area (Å²) in [4.78, 5) is 2.19. The van der Waals surface area contributed by atoms with Crippen LogP contribution in [-0.2, 0) is 0 Å². The SMILES string of the molecule is CCNC(C)(C#N)CCCN(C)c1cccc(OC)c1. The molecule has 0 fully saturated rings. The van der Waals surface area contributed by atoms with Gasteiger partial charge in [0.1, 0.15) is 11.3 Å². The lowest BCUT2D eigenvalue weighted by Crippen LogP contribution is -2.41. The van der Waals surface area contributed by atoms with Crippen LogP contribution in [0.2, 0.25) is 0 Å². The molecule has 0 aliphatic carbocycles. The van der Waals surface area contributed by atoms with Crippen LogP contribution in [0, 0.1) is 11.3 Å². The number of rotatable bonds is 8. The maximum atomic E-state index is 9.22. The summed E-state index contributed by atoms with van der Waals surface area (Å²) in [7, 11) is 3.74. The van der Waals surface area contributed by atoms with E-state index in [1.807, 2.05) is 32.0 Å². The minimum absolute atomic E-state index is 0.427. The van der Waals surface area contributed by atoms with E-state index in [4.69, 9.17) is 4.74 Å². The van der Waals surface area contributed by atoms with Gasteiger partial charge in [-0.1, -0.05) is 13.0 Å². The Morgan fingerprint density at radius 3 is 2.80 bits per heavy atom. The van der Waals surface area contributed by atoms with Gasteiger partial charge in [0.25, 0.3) is 0 Å². The number of hydrogen-bond donors (Lipinski definition) is 1. The molecule has 0 saturated heterocycles. The first kappa shape index (κ1) is 16.3. The van der Waals surface area contributed by atoms with E-state index in [1.54, 1.807) is 7.11 Å². The van der Waals surface area contributed by atoms with Crippen LogP contribution < -0.4 is 15.0 Å². The van der Waals surface area contributed by atoms with Gasteiger partial charge in [-0.2, -0.15) is 5.26 Å². The van der Waals surface area contributed by atoms with E-state index in [0.717, 1.165) is 37.4 Å². The third kappa shape index (κ3) is 4.75. The van der Waals surface area contributed by atoms with Crippen molar-refractivity contribution in [1.29, 1.82) is 5.26 Å². The van der Waals surface area contributed by atoms with Crippen molar-refractivity contribution in [2.24, 2.45) is 0 Å². The van der Waals surface area contributed by atoms with E-state index in [1.165, 1.54) is 0 Å². The first-order chi connectivity index (χ1) is 9.54. The van der Waals surface area contributed by atoms with Gasteiger partial charge in [-0.15, -0.1) is 0 Å². The summed E-state index contributed by atoms with van der Waals surface area (Å²) in [5, 5.41) is 12.5. The fourth-order valence-electron chi connectivity index (χ4n) is 2.22. The molecule has 0 amide bonds. The number of benzene rings is 1. The summed E-state index contributed by atoms with van der Waals surface area (Å²) in [5.74, 6) is 0.865. The Bertz CT molecular complexity index is 455. The van der Waals surface area contributed by atoms with E-state index in [2.05, 4.69) is 29.4 Å². The molecular formula is C16H25N3O. The zero-order chi connectivity index (χ0) is 15.0. The van der Waals surface area contributed by atoms with Crippen LogP contribution in [0.3, 0.4) is 0 Å². The molecule has 0 spiro atoms. The smallest absolute Gasteiger partial charge is 0.120 e. The Morgan fingerprint density at radius 1 is 1.45 bits per heavy atom. The van der Waals surface area contributed by atoms with Gasteiger partial charge in [-0.25, -0.2) is 0 Å². The molecule has 1 rings (SSSR count). The summed E-state index contributed by atoms with van der Waals surface area (Å²) in [5.41, 5.74) is 0.704. The number of nitrogens with one attached hydrogen (secondary N) is 1.